The molecule has 0 saturated heterocycles. The largest absolute Gasteiger partial charge is 0.321 e. The number of nitrogens with zero attached hydrogens (tertiary/aromatic N) is 2. The molecule has 0 atom stereocenters. The summed E-state index contributed by atoms with van der Waals surface area (Å²) in [5, 5.41) is 6.89. The topological polar surface area (TPSA) is 46.9 Å². The SMILES string of the molecule is Cc1cc(C(=O)Nc2ccccc2)nn1C. The van der Waals surface area contributed by atoms with Crippen LogP contribution in [-0.2, 0) is 7.05 Å². The van der Waals surface area contributed by atoms with E-state index in [1.165, 1.54) is 0 Å². The van der Waals surface area contributed by atoms with Gasteiger partial charge < -0.3 is 5.32 Å². The van der Waals surface area contributed by atoms with Crippen molar-refractivity contribution in [3.05, 3.63) is 47.8 Å². The van der Waals surface area contributed by atoms with Crippen LogP contribution in [0.25, 0.3) is 0 Å². The van der Waals surface area contributed by atoms with E-state index < -0.39 is 0 Å². The van der Waals surface area contributed by atoms with Crippen LogP contribution in [0.5, 0.6) is 0 Å². The fourth-order valence-electron chi connectivity index (χ4n) is 1.39. The number of benzene rings is 1. The second-order valence-electron chi connectivity index (χ2n) is 3.61. The molecule has 1 aromatic carbocycles. The van der Waals surface area contributed by atoms with Gasteiger partial charge in [-0.3, -0.25) is 9.48 Å². The molecule has 2 rings (SSSR count). The second kappa shape index (κ2) is 4.18. The van der Waals surface area contributed by atoms with E-state index in [4.69, 9.17) is 0 Å². The molecular formula is C12H13N3O. The van der Waals surface area contributed by atoms with Crippen LogP contribution in [0, 0.1) is 6.92 Å². The van der Waals surface area contributed by atoms with Gasteiger partial charge in [-0.05, 0) is 25.1 Å². The number of hydrogen-bond donors (Lipinski definition) is 1. The Hall–Kier alpha value is -2.10. The van der Waals surface area contributed by atoms with Crippen LogP contribution in [0.4, 0.5) is 5.69 Å². The first-order valence-corrected chi connectivity index (χ1v) is 5.04. The first-order valence-electron chi connectivity index (χ1n) is 5.04. The lowest BCUT2D eigenvalue weighted by molar-refractivity contribution is 0.102. The third-order valence-corrected chi connectivity index (χ3v) is 2.38. The minimum atomic E-state index is -0.185. The van der Waals surface area contributed by atoms with Crippen LogP contribution < -0.4 is 5.32 Å². The fraction of sp³-hybridized carbons (Fsp3) is 0.167. The Morgan fingerprint density at radius 3 is 2.56 bits per heavy atom. The molecule has 0 aliphatic rings. The van der Waals surface area contributed by atoms with Gasteiger partial charge in [0.15, 0.2) is 5.69 Å². The van der Waals surface area contributed by atoms with Crippen LogP contribution in [0.15, 0.2) is 36.4 Å². The third-order valence-electron chi connectivity index (χ3n) is 2.38. The van der Waals surface area contributed by atoms with Gasteiger partial charge >= 0.3 is 0 Å². The third kappa shape index (κ3) is 2.11. The van der Waals surface area contributed by atoms with Gasteiger partial charge in [0.25, 0.3) is 5.91 Å². The summed E-state index contributed by atoms with van der Waals surface area (Å²) in [6, 6.07) is 11.1. The van der Waals surface area contributed by atoms with Gasteiger partial charge in [-0.1, -0.05) is 18.2 Å². The van der Waals surface area contributed by atoms with E-state index in [0.29, 0.717) is 5.69 Å². The van der Waals surface area contributed by atoms with E-state index in [1.807, 2.05) is 44.3 Å². The molecule has 1 aromatic heterocycles. The van der Waals surface area contributed by atoms with Crippen molar-refractivity contribution in [2.24, 2.45) is 7.05 Å². The highest BCUT2D eigenvalue weighted by Crippen LogP contribution is 2.08. The van der Waals surface area contributed by atoms with Crippen LogP contribution in [0.2, 0.25) is 0 Å². The molecule has 82 valence electrons. The van der Waals surface area contributed by atoms with Crippen LogP contribution in [-0.4, -0.2) is 15.7 Å². The number of hydrogen-bond acceptors (Lipinski definition) is 2. The Balaban J connectivity index is 2.15. The Bertz CT molecular complexity index is 483. The molecule has 1 heterocycles. The van der Waals surface area contributed by atoms with Crippen molar-refractivity contribution in [3.8, 4) is 0 Å². The smallest absolute Gasteiger partial charge is 0.276 e. The molecule has 0 spiro atoms. The molecule has 1 N–H and O–H groups in total. The average molecular weight is 215 g/mol. The highest BCUT2D eigenvalue weighted by atomic mass is 16.1. The zero-order valence-corrected chi connectivity index (χ0v) is 9.27. The maximum Gasteiger partial charge on any atom is 0.276 e. The number of rotatable bonds is 2. The minimum absolute atomic E-state index is 0.185. The van der Waals surface area contributed by atoms with Crippen LogP contribution >= 0.6 is 0 Å². The summed E-state index contributed by atoms with van der Waals surface area (Å²) < 4.78 is 1.68. The molecule has 0 aliphatic heterocycles. The first-order chi connectivity index (χ1) is 7.66. The van der Waals surface area contributed by atoms with Gasteiger partial charge in [-0.2, -0.15) is 5.10 Å². The van der Waals surface area contributed by atoms with Gasteiger partial charge in [-0.15, -0.1) is 0 Å². The number of amides is 1. The molecule has 16 heavy (non-hydrogen) atoms. The summed E-state index contributed by atoms with van der Waals surface area (Å²) in [6.07, 6.45) is 0. The summed E-state index contributed by atoms with van der Waals surface area (Å²) in [7, 11) is 1.81. The van der Waals surface area contributed by atoms with E-state index in [-0.39, 0.29) is 5.91 Å². The van der Waals surface area contributed by atoms with E-state index >= 15 is 0 Å². The number of aryl methyl sites for hydroxylation is 2. The summed E-state index contributed by atoms with van der Waals surface area (Å²) in [4.78, 5) is 11.8. The van der Waals surface area contributed by atoms with Crippen molar-refractivity contribution in [1.29, 1.82) is 0 Å². The Morgan fingerprint density at radius 1 is 1.31 bits per heavy atom. The molecule has 0 aliphatic carbocycles. The quantitative estimate of drug-likeness (QED) is 0.832. The number of nitrogens with one attached hydrogen (secondary N) is 1. The summed E-state index contributed by atoms with van der Waals surface area (Å²) in [6.45, 7) is 1.91. The number of anilines is 1. The van der Waals surface area contributed by atoms with Crippen molar-refractivity contribution >= 4 is 11.6 Å². The Labute approximate surface area is 93.9 Å². The van der Waals surface area contributed by atoms with Crippen LogP contribution in [0.3, 0.4) is 0 Å². The van der Waals surface area contributed by atoms with E-state index in [9.17, 15) is 4.79 Å². The lowest BCUT2D eigenvalue weighted by atomic mass is 10.3. The maximum absolute atomic E-state index is 11.8. The number of aromatic nitrogens is 2. The predicted octanol–water partition coefficient (Wildman–Crippen LogP) is 1.98. The molecule has 0 bridgehead atoms. The lowest BCUT2D eigenvalue weighted by Gasteiger charge is -2.01. The lowest BCUT2D eigenvalue weighted by Crippen LogP contribution is -2.12. The Morgan fingerprint density at radius 2 is 2.00 bits per heavy atom. The van der Waals surface area contributed by atoms with E-state index in [2.05, 4.69) is 10.4 Å². The van der Waals surface area contributed by atoms with Crippen LogP contribution in [0.1, 0.15) is 16.2 Å². The van der Waals surface area contributed by atoms with Gasteiger partial charge in [0, 0.05) is 18.4 Å². The van der Waals surface area contributed by atoms with Gasteiger partial charge in [0.05, 0.1) is 0 Å². The average Bonchev–Trinajstić information content (AvgIpc) is 2.61. The molecule has 0 radical (unpaired) electrons. The minimum Gasteiger partial charge on any atom is -0.321 e. The zero-order chi connectivity index (χ0) is 11.5. The molecule has 0 fully saturated rings. The van der Waals surface area contributed by atoms with Crippen molar-refractivity contribution in [1.82, 2.24) is 9.78 Å². The van der Waals surface area contributed by atoms with Gasteiger partial charge in [-0.25, -0.2) is 0 Å². The van der Waals surface area contributed by atoms with Crippen molar-refractivity contribution in [2.45, 2.75) is 6.92 Å². The predicted molar refractivity (Wildman–Crippen MR) is 62.3 cm³/mol. The number of carbonyl (C=O) groups is 1. The maximum atomic E-state index is 11.8. The first kappa shape index (κ1) is 10.4. The molecule has 1 amide bonds. The monoisotopic (exact) mass is 215 g/mol. The summed E-state index contributed by atoms with van der Waals surface area (Å²) >= 11 is 0. The van der Waals surface area contributed by atoms with Gasteiger partial charge in [0.1, 0.15) is 0 Å². The molecule has 0 saturated carbocycles. The van der Waals surface area contributed by atoms with E-state index in [0.717, 1.165) is 11.4 Å². The van der Waals surface area contributed by atoms with Crippen molar-refractivity contribution < 1.29 is 4.79 Å². The molecule has 4 heteroatoms. The van der Waals surface area contributed by atoms with E-state index in [1.54, 1.807) is 10.7 Å². The molecule has 2 aromatic rings. The molecular weight excluding hydrogens is 202 g/mol. The highest BCUT2D eigenvalue weighted by molar-refractivity contribution is 6.02. The fourth-order valence-corrected chi connectivity index (χ4v) is 1.39. The zero-order valence-electron chi connectivity index (χ0n) is 9.27. The number of carbonyl (C=O) groups excluding carboxylic acids is 1. The molecule has 4 nitrogen and oxygen atoms in total. The number of para-hydroxylation sites is 1. The van der Waals surface area contributed by atoms with Crippen molar-refractivity contribution in [3.63, 3.8) is 0 Å². The summed E-state index contributed by atoms with van der Waals surface area (Å²) in [5.41, 5.74) is 2.16. The second-order valence-corrected chi connectivity index (χ2v) is 3.61. The van der Waals surface area contributed by atoms with Gasteiger partial charge in [0.2, 0.25) is 0 Å². The Kier molecular flexibility index (Phi) is 2.72. The summed E-state index contributed by atoms with van der Waals surface area (Å²) in [5.74, 6) is -0.185. The highest BCUT2D eigenvalue weighted by Gasteiger charge is 2.10. The normalized spacial score (nSPS) is 10.1. The van der Waals surface area contributed by atoms with Crippen molar-refractivity contribution in [2.75, 3.05) is 5.32 Å². The standard InChI is InChI=1S/C12H13N3O/c1-9-8-11(14-15(9)2)12(16)13-10-6-4-3-5-7-10/h3-8H,1-2H3,(H,13,16). The molecule has 0 unspecified atom stereocenters.